The summed E-state index contributed by atoms with van der Waals surface area (Å²) in [5.74, 6) is 3.70. The third-order valence-corrected chi connectivity index (χ3v) is 6.04. The number of aliphatic hydroxyl groups excluding tert-OH is 1. The molecule has 0 aliphatic heterocycles. The second kappa shape index (κ2) is 3.25. The Bertz CT molecular complexity index is 342. The van der Waals surface area contributed by atoms with Gasteiger partial charge in [0.2, 0.25) is 5.91 Å². The molecular formula is C14H21NO2. The van der Waals surface area contributed by atoms with E-state index in [1.54, 1.807) is 0 Å². The lowest BCUT2D eigenvalue weighted by atomic mass is 9.77. The Balaban J connectivity index is 1.43. The highest BCUT2D eigenvalue weighted by Gasteiger charge is 2.67. The zero-order chi connectivity index (χ0) is 11.6. The zero-order valence-corrected chi connectivity index (χ0v) is 10.2. The molecule has 4 aliphatic carbocycles. The molecule has 0 aromatic rings. The molecule has 4 saturated carbocycles. The Morgan fingerprint density at radius 2 is 1.88 bits per heavy atom. The fraction of sp³-hybridized carbons (Fsp3) is 0.929. The largest absolute Gasteiger partial charge is 0.394 e. The minimum atomic E-state index is -0.243. The van der Waals surface area contributed by atoms with E-state index in [4.69, 9.17) is 0 Å². The molecule has 0 aromatic heterocycles. The number of rotatable bonds is 3. The van der Waals surface area contributed by atoms with Crippen molar-refractivity contribution in [2.45, 2.75) is 44.1 Å². The maximum Gasteiger partial charge on any atom is 0.224 e. The second-order valence-corrected chi connectivity index (χ2v) is 6.79. The first kappa shape index (κ1) is 10.4. The van der Waals surface area contributed by atoms with Gasteiger partial charge in [-0.1, -0.05) is 0 Å². The van der Waals surface area contributed by atoms with Gasteiger partial charge in [0, 0.05) is 5.92 Å². The van der Waals surface area contributed by atoms with E-state index in [1.165, 1.54) is 19.3 Å². The first-order chi connectivity index (χ1) is 8.24. The van der Waals surface area contributed by atoms with E-state index < -0.39 is 0 Å². The predicted molar refractivity (Wildman–Crippen MR) is 63.1 cm³/mol. The van der Waals surface area contributed by atoms with E-state index in [9.17, 15) is 9.90 Å². The Morgan fingerprint density at radius 1 is 1.24 bits per heavy atom. The van der Waals surface area contributed by atoms with Crippen molar-refractivity contribution in [1.29, 1.82) is 0 Å². The smallest absolute Gasteiger partial charge is 0.224 e. The molecule has 1 amide bonds. The van der Waals surface area contributed by atoms with E-state index in [-0.39, 0.29) is 18.1 Å². The standard InChI is InChI=1S/C14H21NO2/c16-7-14(4-1-5-14)15-13(17)12-10-8-2-3-9(6-8)11(10)12/h8-12,16H,1-7H2,(H,15,17). The van der Waals surface area contributed by atoms with E-state index >= 15 is 0 Å². The van der Waals surface area contributed by atoms with E-state index in [0.29, 0.717) is 17.8 Å². The molecule has 4 aliphatic rings. The van der Waals surface area contributed by atoms with Crippen molar-refractivity contribution < 1.29 is 9.90 Å². The molecule has 4 atom stereocenters. The molecule has 4 rings (SSSR count). The average molecular weight is 235 g/mol. The van der Waals surface area contributed by atoms with Gasteiger partial charge in [-0.2, -0.15) is 0 Å². The summed E-state index contributed by atoms with van der Waals surface area (Å²) in [5, 5.41) is 12.5. The molecule has 2 N–H and O–H groups in total. The Morgan fingerprint density at radius 3 is 2.35 bits per heavy atom. The van der Waals surface area contributed by atoms with E-state index in [0.717, 1.165) is 31.1 Å². The zero-order valence-electron chi connectivity index (χ0n) is 10.2. The minimum Gasteiger partial charge on any atom is -0.394 e. The Labute approximate surface area is 102 Å². The van der Waals surface area contributed by atoms with Crippen LogP contribution in [0.3, 0.4) is 0 Å². The lowest BCUT2D eigenvalue weighted by Crippen LogP contribution is -2.56. The maximum absolute atomic E-state index is 12.3. The van der Waals surface area contributed by atoms with Crippen LogP contribution in [-0.4, -0.2) is 23.2 Å². The van der Waals surface area contributed by atoms with Gasteiger partial charge in [0.15, 0.2) is 0 Å². The number of hydrogen-bond donors (Lipinski definition) is 2. The van der Waals surface area contributed by atoms with Crippen molar-refractivity contribution >= 4 is 5.91 Å². The van der Waals surface area contributed by atoms with Crippen molar-refractivity contribution in [1.82, 2.24) is 5.32 Å². The van der Waals surface area contributed by atoms with Gasteiger partial charge in [-0.25, -0.2) is 0 Å². The Kier molecular flexibility index (Phi) is 1.98. The maximum atomic E-state index is 12.3. The molecule has 3 nitrogen and oxygen atoms in total. The average Bonchev–Trinajstić information content (AvgIpc) is 2.73. The summed E-state index contributed by atoms with van der Waals surface area (Å²) < 4.78 is 0. The van der Waals surface area contributed by atoms with Gasteiger partial charge in [-0.05, 0) is 62.2 Å². The van der Waals surface area contributed by atoms with Gasteiger partial charge in [-0.15, -0.1) is 0 Å². The predicted octanol–water partition coefficient (Wildman–Crippen LogP) is 1.31. The molecule has 0 radical (unpaired) electrons. The quantitative estimate of drug-likeness (QED) is 0.775. The van der Waals surface area contributed by atoms with Crippen LogP contribution in [0.1, 0.15) is 38.5 Å². The minimum absolute atomic E-state index is 0.119. The monoisotopic (exact) mass is 235 g/mol. The van der Waals surface area contributed by atoms with Gasteiger partial charge < -0.3 is 10.4 Å². The molecule has 17 heavy (non-hydrogen) atoms. The van der Waals surface area contributed by atoms with Crippen molar-refractivity contribution in [3.05, 3.63) is 0 Å². The lowest BCUT2D eigenvalue weighted by molar-refractivity contribution is -0.127. The van der Waals surface area contributed by atoms with Gasteiger partial charge in [0.05, 0.1) is 12.1 Å². The molecule has 0 heterocycles. The van der Waals surface area contributed by atoms with E-state index in [1.807, 2.05) is 0 Å². The topological polar surface area (TPSA) is 49.3 Å². The molecule has 4 unspecified atom stereocenters. The van der Waals surface area contributed by atoms with Crippen LogP contribution in [0.2, 0.25) is 0 Å². The summed E-state index contributed by atoms with van der Waals surface area (Å²) in [6.07, 6.45) is 7.18. The number of carbonyl (C=O) groups is 1. The van der Waals surface area contributed by atoms with Crippen molar-refractivity contribution in [2.75, 3.05) is 6.61 Å². The highest BCUT2D eigenvalue weighted by molar-refractivity contribution is 5.83. The molecular weight excluding hydrogens is 214 g/mol. The molecule has 0 spiro atoms. The number of fused-ring (bicyclic) bond motifs is 5. The third kappa shape index (κ3) is 1.29. The molecule has 0 saturated heterocycles. The molecule has 2 bridgehead atoms. The van der Waals surface area contributed by atoms with Crippen LogP contribution in [0.5, 0.6) is 0 Å². The van der Waals surface area contributed by atoms with Crippen molar-refractivity contribution in [2.24, 2.45) is 29.6 Å². The van der Waals surface area contributed by atoms with Crippen molar-refractivity contribution in [3.63, 3.8) is 0 Å². The second-order valence-electron chi connectivity index (χ2n) is 6.79. The van der Waals surface area contributed by atoms with Crippen LogP contribution in [0.25, 0.3) is 0 Å². The number of amides is 1. The number of aliphatic hydroxyl groups is 1. The van der Waals surface area contributed by atoms with Crippen LogP contribution in [0.4, 0.5) is 0 Å². The highest BCUT2D eigenvalue weighted by Crippen LogP contribution is 2.69. The summed E-state index contributed by atoms with van der Waals surface area (Å²) in [4.78, 5) is 12.3. The SMILES string of the molecule is O=C(NC1(CO)CCC1)C1C2C3CCC(C3)C12. The van der Waals surface area contributed by atoms with Crippen LogP contribution in [-0.2, 0) is 4.79 Å². The van der Waals surface area contributed by atoms with Crippen LogP contribution in [0, 0.1) is 29.6 Å². The Hall–Kier alpha value is -0.570. The first-order valence-electron chi connectivity index (χ1n) is 7.17. The number of hydrogen-bond acceptors (Lipinski definition) is 2. The summed E-state index contributed by atoms with van der Waals surface area (Å²) in [6.45, 7) is 0.119. The molecule has 94 valence electrons. The molecule has 3 heteroatoms. The van der Waals surface area contributed by atoms with Crippen molar-refractivity contribution in [3.8, 4) is 0 Å². The van der Waals surface area contributed by atoms with Crippen LogP contribution in [0.15, 0.2) is 0 Å². The summed E-state index contributed by atoms with van der Waals surface area (Å²) in [7, 11) is 0. The fourth-order valence-corrected chi connectivity index (χ4v) is 4.95. The molecule has 4 fully saturated rings. The van der Waals surface area contributed by atoms with Gasteiger partial charge >= 0.3 is 0 Å². The highest BCUT2D eigenvalue weighted by atomic mass is 16.3. The summed E-state index contributed by atoms with van der Waals surface area (Å²) >= 11 is 0. The third-order valence-electron chi connectivity index (χ3n) is 6.04. The summed E-state index contributed by atoms with van der Waals surface area (Å²) in [6, 6.07) is 0. The fourth-order valence-electron chi connectivity index (χ4n) is 4.95. The van der Waals surface area contributed by atoms with E-state index in [2.05, 4.69) is 5.32 Å². The normalized spacial score (nSPS) is 48.4. The van der Waals surface area contributed by atoms with Gasteiger partial charge in [0.25, 0.3) is 0 Å². The van der Waals surface area contributed by atoms with Gasteiger partial charge in [0.1, 0.15) is 0 Å². The van der Waals surface area contributed by atoms with Crippen LogP contribution >= 0.6 is 0 Å². The first-order valence-corrected chi connectivity index (χ1v) is 7.17. The van der Waals surface area contributed by atoms with Crippen LogP contribution < -0.4 is 5.32 Å². The number of carbonyl (C=O) groups excluding carboxylic acids is 1. The number of nitrogens with one attached hydrogen (secondary N) is 1. The lowest BCUT2D eigenvalue weighted by Gasteiger charge is -2.41. The van der Waals surface area contributed by atoms with Gasteiger partial charge in [-0.3, -0.25) is 4.79 Å². The molecule has 0 aromatic carbocycles. The summed E-state index contributed by atoms with van der Waals surface area (Å²) in [5.41, 5.74) is -0.243.